The van der Waals surface area contributed by atoms with Gasteiger partial charge in [0.25, 0.3) is 0 Å². The number of aromatic nitrogens is 3. The van der Waals surface area contributed by atoms with E-state index in [1.54, 1.807) is 12.1 Å². The molecule has 1 heterocycles. The fourth-order valence-corrected chi connectivity index (χ4v) is 2.35. The molecule has 1 aromatic heterocycles. The van der Waals surface area contributed by atoms with Gasteiger partial charge >= 0.3 is 0 Å². The molecule has 21 heavy (non-hydrogen) atoms. The van der Waals surface area contributed by atoms with E-state index < -0.39 is 0 Å². The molecule has 0 aliphatic carbocycles. The Morgan fingerprint density at radius 2 is 2.10 bits per heavy atom. The van der Waals surface area contributed by atoms with Crippen LogP contribution < -0.4 is 9.47 Å². The van der Waals surface area contributed by atoms with Crippen molar-refractivity contribution < 1.29 is 14.3 Å². The molecule has 0 N–H and O–H groups in total. The van der Waals surface area contributed by atoms with Crippen molar-refractivity contribution in [2.45, 2.75) is 20.5 Å². The highest BCUT2D eigenvalue weighted by molar-refractivity contribution is 9.10. The number of halogens is 1. The number of carbonyl (C=O) groups excluding carboxylic acids is 1. The number of carbonyl (C=O) groups is 1. The maximum Gasteiger partial charge on any atom is 0.176 e. The summed E-state index contributed by atoms with van der Waals surface area (Å²) in [5.74, 6) is 2.59. The lowest BCUT2D eigenvalue weighted by atomic mass is 10.2. The Morgan fingerprint density at radius 3 is 2.67 bits per heavy atom. The molecule has 7 heteroatoms. The van der Waals surface area contributed by atoms with Crippen LogP contribution in [0.15, 0.2) is 16.6 Å². The second-order valence-electron chi connectivity index (χ2n) is 4.39. The lowest BCUT2D eigenvalue weighted by Gasteiger charge is -2.14. The summed E-state index contributed by atoms with van der Waals surface area (Å²) in [6, 6.07) is 3.34. The maximum atomic E-state index is 10.9. The fourth-order valence-electron chi connectivity index (χ4n) is 1.77. The molecule has 0 aliphatic rings. The molecule has 1 aromatic carbocycles. The normalized spacial score (nSPS) is 10.5. The third-order valence-electron chi connectivity index (χ3n) is 3.00. The predicted octanol–water partition coefficient (Wildman–Crippen LogP) is 2.68. The molecular formula is C14H16BrN3O3. The third-order valence-corrected chi connectivity index (χ3v) is 3.59. The first-order valence-corrected chi connectivity index (χ1v) is 7.25. The SMILES string of the molecule is CCOc1cc(C=O)cc(Br)c1OCc1nnc(C)n1C. The van der Waals surface area contributed by atoms with Gasteiger partial charge in [0, 0.05) is 12.6 Å². The number of aldehydes is 1. The molecule has 0 spiro atoms. The van der Waals surface area contributed by atoms with Crippen molar-refractivity contribution in [3.8, 4) is 11.5 Å². The second-order valence-corrected chi connectivity index (χ2v) is 5.25. The van der Waals surface area contributed by atoms with Crippen LogP contribution in [0, 0.1) is 6.92 Å². The van der Waals surface area contributed by atoms with E-state index >= 15 is 0 Å². The zero-order valence-electron chi connectivity index (χ0n) is 12.1. The highest BCUT2D eigenvalue weighted by Gasteiger charge is 2.14. The van der Waals surface area contributed by atoms with Crippen molar-refractivity contribution in [3.05, 3.63) is 33.8 Å². The number of ether oxygens (including phenoxy) is 2. The molecule has 0 bridgehead atoms. The van der Waals surface area contributed by atoms with E-state index in [0.717, 1.165) is 12.1 Å². The highest BCUT2D eigenvalue weighted by atomic mass is 79.9. The van der Waals surface area contributed by atoms with Crippen LogP contribution in [0.1, 0.15) is 28.9 Å². The third kappa shape index (κ3) is 3.41. The highest BCUT2D eigenvalue weighted by Crippen LogP contribution is 2.37. The Bertz CT molecular complexity index is 655. The number of nitrogens with zero attached hydrogens (tertiary/aromatic N) is 3. The van der Waals surface area contributed by atoms with Crippen LogP contribution in [0.25, 0.3) is 0 Å². The van der Waals surface area contributed by atoms with Gasteiger partial charge in [-0.25, -0.2) is 0 Å². The van der Waals surface area contributed by atoms with Crippen molar-refractivity contribution in [3.63, 3.8) is 0 Å². The van der Waals surface area contributed by atoms with Crippen molar-refractivity contribution >= 4 is 22.2 Å². The van der Waals surface area contributed by atoms with Gasteiger partial charge in [0.1, 0.15) is 18.7 Å². The van der Waals surface area contributed by atoms with E-state index in [1.807, 2.05) is 25.5 Å². The summed E-state index contributed by atoms with van der Waals surface area (Å²) in [6.07, 6.45) is 0.767. The van der Waals surface area contributed by atoms with Crippen LogP contribution in [-0.2, 0) is 13.7 Å². The molecule has 0 fully saturated rings. The van der Waals surface area contributed by atoms with E-state index in [9.17, 15) is 4.79 Å². The van der Waals surface area contributed by atoms with Gasteiger partial charge in [-0.3, -0.25) is 4.79 Å². The summed E-state index contributed by atoms with van der Waals surface area (Å²) < 4.78 is 13.8. The molecule has 0 saturated carbocycles. The predicted molar refractivity (Wildman–Crippen MR) is 80.8 cm³/mol. The van der Waals surface area contributed by atoms with Crippen LogP contribution in [0.3, 0.4) is 0 Å². The summed E-state index contributed by atoms with van der Waals surface area (Å²) in [5.41, 5.74) is 0.521. The first-order chi connectivity index (χ1) is 10.1. The fraction of sp³-hybridized carbons (Fsp3) is 0.357. The minimum absolute atomic E-state index is 0.260. The van der Waals surface area contributed by atoms with Gasteiger partial charge in [-0.05, 0) is 41.9 Å². The first kappa shape index (κ1) is 15.5. The zero-order chi connectivity index (χ0) is 15.4. The maximum absolute atomic E-state index is 10.9. The molecular weight excluding hydrogens is 338 g/mol. The molecule has 6 nitrogen and oxygen atoms in total. The minimum Gasteiger partial charge on any atom is -0.490 e. The molecule has 0 aliphatic heterocycles. The van der Waals surface area contributed by atoms with Crippen LogP contribution in [0.4, 0.5) is 0 Å². The summed E-state index contributed by atoms with van der Waals surface area (Å²) in [6.45, 7) is 4.48. The zero-order valence-corrected chi connectivity index (χ0v) is 13.7. The van der Waals surface area contributed by atoms with Crippen molar-refractivity contribution in [1.29, 1.82) is 0 Å². The van der Waals surface area contributed by atoms with E-state index in [1.165, 1.54) is 0 Å². The summed E-state index contributed by atoms with van der Waals surface area (Å²) in [5, 5.41) is 8.03. The standard InChI is InChI=1S/C14H16BrN3O3/c1-4-20-12-6-10(7-19)5-11(15)14(12)21-8-13-17-16-9(2)18(13)3/h5-7H,4,8H2,1-3H3. The molecule has 2 aromatic rings. The van der Waals surface area contributed by atoms with Gasteiger partial charge in [0.2, 0.25) is 0 Å². The Labute approximate surface area is 131 Å². The topological polar surface area (TPSA) is 66.2 Å². The molecule has 0 saturated heterocycles. The first-order valence-electron chi connectivity index (χ1n) is 6.46. The lowest BCUT2D eigenvalue weighted by Crippen LogP contribution is -2.06. The van der Waals surface area contributed by atoms with Crippen molar-refractivity contribution in [2.24, 2.45) is 7.05 Å². The average Bonchev–Trinajstić information content (AvgIpc) is 2.78. The average molecular weight is 354 g/mol. The number of rotatable bonds is 6. The number of hydrogen-bond acceptors (Lipinski definition) is 5. The molecule has 112 valence electrons. The van der Waals surface area contributed by atoms with Crippen molar-refractivity contribution in [2.75, 3.05) is 6.61 Å². The van der Waals surface area contributed by atoms with Gasteiger partial charge in [-0.2, -0.15) is 0 Å². The molecule has 0 radical (unpaired) electrons. The molecule has 0 unspecified atom stereocenters. The van der Waals surface area contributed by atoms with E-state index in [0.29, 0.717) is 34.0 Å². The van der Waals surface area contributed by atoms with E-state index in [2.05, 4.69) is 26.1 Å². The van der Waals surface area contributed by atoms with Gasteiger partial charge in [0.05, 0.1) is 11.1 Å². The lowest BCUT2D eigenvalue weighted by molar-refractivity contribution is 0.112. The smallest absolute Gasteiger partial charge is 0.176 e. The Balaban J connectivity index is 2.26. The Hall–Kier alpha value is -1.89. The van der Waals surface area contributed by atoms with Gasteiger partial charge in [-0.1, -0.05) is 0 Å². The van der Waals surface area contributed by atoms with Crippen molar-refractivity contribution in [1.82, 2.24) is 14.8 Å². The minimum atomic E-state index is 0.260. The van der Waals surface area contributed by atoms with Gasteiger partial charge < -0.3 is 14.0 Å². The van der Waals surface area contributed by atoms with Crippen LogP contribution >= 0.6 is 15.9 Å². The van der Waals surface area contributed by atoms with Crippen LogP contribution in [0.5, 0.6) is 11.5 Å². The summed E-state index contributed by atoms with van der Waals surface area (Å²) >= 11 is 3.40. The quantitative estimate of drug-likeness (QED) is 0.747. The van der Waals surface area contributed by atoms with E-state index in [-0.39, 0.29) is 6.61 Å². The van der Waals surface area contributed by atoms with Gasteiger partial charge in [-0.15, -0.1) is 10.2 Å². The monoisotopic (exact) mass is 353 g/mol. The molecule has 0 atom stereocenters. The number of benzene rings is 1. The number of hydrogen-bond donors (Lipinski definition) is 0. The number of aryl methyl sites for hydroxylation is 1. The second kappa shape index (κ2) is 6.71. The summed E-state index contributed by atoms with van der Waals surface area (Å²) in [7, 11) is 1.88. The Kier molecular flexibility index (Phi) is 4.95. The molecule has 2 rings (SSSR count). The Morgan fingerprint density at radius 1 is 1.33 bits per heavy atom. The summed E-state index contributed by atoms with van der Waals surface area (Å²) in [4.78, 5) is 10.9. The van der Waals surface area contributed by atoms with Crippen LogP contribution in [0.2, 0.25) is 0 Å². The van der Waals surface area contributed by atoms with Gasteiger partial charge in [0.15, 0.2) is 17.3 Å². The largest absolute Gasteiger partial charge is 0.490 e. The molecule has 0 amide bonds. The van der Waals surface area contributed by atoms with Crippen LogP contribution in [-0.4, -0.2) is 27.7 Å². The van der Waals surface area contributed by atoms with E-state index in [4.69, 9.17) is 9.47 Å².